The second kappa shape index (κ2) is 12.9. The molecule has 2 saturated heterocycles. The molecule has 2 amide bonds. The first-order valence-corrected chi connectivity index (χ1v) is 18.3. The number of hydrogen-bond acceptors (Lipinski definition) is 8. The average molecular weight is 702 g/mol. The Morgan fingerprint density at radius 2 is 1.71 bits per heavy atom. The van der Waals surface area contributed by atoms with Crippen molar-refractivity contribution in [2.24, 2.45) is 24.3 Å². The quantitative estimate of drug-likeness (QED) is 0.234. The maximum Gasteiger partial charge on any atom is 0.259 e. The Morgan fingerprint density at radius 3 is 2.38 bits per heavy atom. The van der Waals surface area contributed by atoms with Gasteiger partial charge in [0.2, 0.25) is 11.8 Å². The molecule has 4 heterocycles. The molecule has 2 aromatic heterocycles. The number of nitrogens with zero attached hydrogens (tertiary/aromatic N) is 4. The SMILES string of the molecule is C=C1c2ccc(C3CCN(Cc4c(OC)cc(-c5cn(C)c(=O)c6cnc(N(C)C)cc56)cc4OC)CC3)cc2CC12CC2C1CCC(=O)NC1=O. The van der Waals surface area contributed by atoms with Crippen LogP contribution in [0.2, 0.25) is 0 Å². The average Bonchev–Trinajstić information content (AvgIpc) is 3.79. The van der Waals surface area contributed by atoms with Crippen LogP contribution in [0.15, 0.2) is 60.2 Å². The zero-order valence-corrected chi connectivity index (χ0v) is 30.8. The lowest BCUT2D eigenvalue weighted by atomic mass is 9.85. The Morgan fingerprint density at radius 1 is 0.981 bits per heavy atom. The number of aromatic nitrogens is 2. The van der Waals surface area contributed by atoms with Crippen LogP contribution in [0.1, 0.15) is 60.3 Å². The molecule has 52 heavy (non-hydrogen) atoms. The zero-order valence-electron chi connectivity index (χ0n) is 30.8. The molecule has 10 heteroatoms. The molecule has 1 N–H and O–H groups in total. The molecule has 10 nitrogen and oxygen atoms in total. The summed E-state index contributed by atoms with van der Waals surface area (Å²) in [6.45, 7) is 7.14. The second-order valence-electron chi connectivity index (χ2n) is 15.4. The number of nitrogens with one attached hydrogen (secondary N) is 1. The van der Waals surface area contributed by atoms with Gasteiger partial charge in [0, 0.05) is 68.8 Å². The Bertz CT molecular complexity index is 2170. The predicted octanol–water partition coefficient (Wildman–Crippen LogP) is 5.69. The van der Waals surface area contributed by atoms with Gasteiger partial charge in [0.15, 0.2) is 0 Å². The van der Waals surface area contributed by atoms with E-state index in [-0.39, 0.29) is 34.6 Å². The van der Waals surface area contributed by atoms with Gasteiger partial charge in [0.25, 0.3) is 5.56 Å². The third-order valence-corrected chi connectivity index (χ3v) is 12.3. The van der Waals surface area contributed by atoms with Crippen LogP contribution < -0.4 is 25.2 Å². The number of methoxy groups -OCH3 is 2. The van der Waals surface area contributed by atoms with Gasteiger partial charge >= 0.3 is 0 Å². The van der Waals surface area contributed by atoms with E-state index >= 15 is 0 Å². The fourth-order valence-corrected chi connectivity index (χ4v) is 9.30. The first-order valence-electron chi connectivity index (χ1n) is 18.3. The minimum atomic E-state index is -0.153. The van der Waals surface area contributed by atoms with Crippen LogP contribution in [-0.4, -0.2) is 67.7 Å². The third kappa shape index (κ3) is 5.68. The first-order chi connectivity index (χ1) is 25.0. The molecule has 2 aliphatic heterocycles. The lowest BCUT2D eigenvalue weighted by Gasteiger charge is -2.33. The molecular formula is C42H47N5O5. The predicted molar refractivity (Wildman–Crippen MR) is 203 cm³/mol. The number of anilines is 1. The molecule has 3 unspecified atom stereocenters. The Labute approximate surface area is 304 Å². The first kappa shape index (κ1) is 34.1. The van der Waals surface area contributed by atoms with Gasteiger partial charge in [0.05, 0.1) is 25.2 Å². The number of imide groups is 1. The van der Waals surface area contributed by atoms with Crippen molar-refractivity contribution in [1.82, 2.24) is 19.8 Å². The van der Waals surface area contributed by atoms with Gasteiger partial charge in [-0.05, 0) is 103 Å². The van der Waals surface area contributed by atoms with E-state index in [1.165, 1.54) is 22.3 Å². The zero-order chi connectivity index (χ0) is 36.5. The lowest BCUT2D eigenvalue weighted by molar-refractivity contribution is -0.137. The highest BCUT2D eigenvalue weighted by Crippen LogP contribution is 2.69. The molecular weight excluding hydrogens is 654 g/mol. The Hall–Kier alpha value is -4.96. The molecule has 1 saturated carbocycles. The molecule has 2 aliphatic carbocycles. The number of fused-ring (bicyclic) bond motifs is 2. The maximum absolute atomic E-state index is 13.0. The summed E-state index contributed by atoms with van der Waals surface area (Å²) >= 11 is 0. The van der Waals surface area contributed by atoms with Crippen molar-refractivity contribution < 1.29 is 19.1 Å². The van der Waals surface area contributed by atoms with E-state index < -0.39 is 0 Å². The summed E-state index contributed by atoms with van der Waals surface area (Å²) in [5, 5.41) is 3.95. The van der Waals surface area contributed by atoms with E-state index in [0.29, 0.717) is 30.7 Å². The highest BCUT2D eigenvalue weighted by molar-refractivity contribution is 5.99. The molecule has 4 aromatic rings. The Balaban J connectivity index is 0.979. The van der Waals surface area contributed by atoms with Gasteiger partial charge in [-0.3, -0.25) is 24.6 Å². The number of carbonyl (C=O) groups is 2. The largest absolute Gasteiger partial charge is 0.496 e. The number of likely N-dealkylation sites (tertiary alicyclic amines) is 1. The summed E-state index contributed by atoms with van der Waals surface area (Å²) in [4.78, 5) is 46.3. The highest BCUT2D eigenvalue weighted by atomic mass is 16.5. The second-order valence-corrected chi connectivity index (χ2v) is 15.4. The van der Waals surface area contributed by atoms with Gasteiger partial charge in [-0.25, -0.2) is 4.98 Å². The molecule has 270 valence electrons. The van der Waals surface area contributed by atoms with Crippen molar-refractivity contribution in [1.29, 1.82) is 0 Å². The number of carbonyl (C=O) groups excluding carboxylic acids is 2. The van der Waals surface area contributed by atoms with Crippen molar-refractivity contribution in [2.75, 3.05) is 46.3 Å². The number of benzene rings is 2. The number of ether oxygens (including phenoxy) is 2. The maximum atomic E-state index is 13.0. The molecule has 1 spiro atoms. The van der Waals surface area contributed by atoms with Crippen molar-refractivity contribution in [3.63, 3.8) is 0 Å². The number of rotatable bonds is 8. The fourth-order valence-electron chi connectivity index (χ4n) is 9.30. The van der Waals surface area contributed by atoms with Crippen LogP contribution >= 0.6 is 0 Å². The summed E-state index contributed by atoms with van der Waals surface area (Å²) in [6, 6.07) is 13.0. The number of pyridine rings is 2. The summed E-state index contributed by atoms with van der Waals surface area (Å²) in [5.74, 6) is 2.68. The van der Waals surface area contributed by atoms with Crippen LogP contribution in [-0.2, 0) is 29.6 Å². The lowest BCUT2D eigenvalue weighted by Crippen LogP contribution is -2.42. The van der Waals surface area contributed by atoms with E-state index in [0.717, 1.165) is 78.2 Å². The van der Waals surface area contributed by atoms with Crippen LogP contribution in [0.3, 0.4) is 0 Å². The molecule has 2 aromatic carbocycles. The molecule has 3 fully saturated rings. The molecule has 8 rings (SSSR count). The molecule has 0 radical (unpaired) electrons. The normalized spacial score (nSPS) is 23.2. The van der Waals surface area contributed by atoms with Crippen LogP contribution in [0.25, 0.3) is 27.5 Å². The number of aryl methyl sites for hydroxylation is 1. The number of amides is 2. The fraction of sp³-hybridized carbons (Fsp3) is 0.429. The number of hydrogen-bond donors (Lipinski definition) is 1. The van der Waals surface area contributed by atoms with E-state index in [4.69, 9.17) is 9.47 Å². The van der Waals surface area contributed by atoms with E-state index in [2.05, 4.69) is 52.1 Å². The highest BCUT2D eigenvalue weighted by Gasteiger charge is 2.63. The minimum Gasteiger partial charge on any atom is -0.496 e. The van der Waals surface area contributed by atoms with E-state index in [1.54, 1.807) is 32.0 Å². The number of piperidine rings is 2. The van der Waals surface area contributed by atoms with Gasteiger partial charge in [-0.15, -0.1) is 0 Å². The summed E-state index contributed by atoms with van der Waals surface area (Å²) in [7, 11) is 9.03. The standard InChI is InChI=1S/C42H47N5O5/c1-24-29-8-7-26(15-28(29)19-42(24)20-35(42)30-9-10-39(48)44-40(30)49)25-11-13-47(14-12-25)23-34-36(51-5)16-27(17-37(34)52-6)33-22-46(4)41(50)32-21-43-38(45(2)3)18-31(32)33/h7-8,15-18,21-22,25,30,35H,1,9-14,19-20,23H2,2-6H3,(H,44,48,49). The van der Waals surface area contributed by atoms with Crippen molar-refractivity contribution in [3.05, 3.63) is 88.0 Å². The van der Waals surface area contributed by atoms with Crippen LogP contribution in [0, 0.1) is 17.3 Å². The van der Waals surface area contributed by atoms with Gasteiger partial charge in [0.1, 0.15) is 17.3 Å². The molecule has 4 aliphatic rings. The smallest absolute Gasteiger partial charge is 0.259 e. The topological polar surface area (TPSA) is 106 Å². The Kier molecular flexibility index (Phi) is 8.48. The van der Waals surface area contributed by atoms with Gasteiger partial charge in [-0.2, -0.15) is 0 Å². The van der Waals surface area contributed by atoms with Crippen LogP contribution in [0.5, 0.6) is 11.5 Å². The summed E-state index contributed by atoms with van der Waals surface area (Å²) in [6.07, 6.45) is 8.64. The van der Waals surface area contributed by atoms with Crippen LogP contribution in [0.4, 0.5) is 5.82 Å². The number of allylic oxidation sites excluding steroid dienone is 1. The van der Waals surface area contributed by atoms with Gasteiger partial charge in [-0.1, -0.05) is 24.8 Å². The third-order valence-electron chi connectivity index (χ3n) is 12.3. The van der Waals surface area contributed by atoms with Crippen molar-refractivity contribution in [3.8, 4) is 22.6 Å². The van der Waals surface area contributed by atoms with E-state index in [9.17, 15) is 14.4 Å². The van der Waals surface area contributed by atoms with Gasteiger partial charge < -0.3 is 18.9 Å². The molecule has 0 bridgehead atoms. The minimum absolute atomic E-state index is 0.0307. The summed E-state index contributed by atoms with van der Waals surface area (Å²) < 4.78 is 13.6. The monoisotopic (exact) mass is 701 g/mol. The van der Waals surface area contributed by atoms with E-state index in [1.807, 2.05) is 31.3 Å². The van der Waals surface area contributed by atoms with Crippen molar-refractivity contribution >= 4 is 34.0 Å². The summed E-state index contributed by atoms with van der Waals surface area (Å²) in [5.41, 5.74) is 7.86. The van der Waals surface area contributed by atoms with Crippen molar-refractivity contribution in [2.45, 2.75) is 51.0 Å². The molecule has 3 atom stereocenters.